The Balaban J connectivity index is 2.25. The van der Waals surface area contributed by atoms with Gasteiger partial charge < -0.3 is 31.8 Å². The number of hydrogen-bond donors (Lipinski definition) is 6. The normalized spacial score (nSPS) is 14.3. The highest BCUT2D eigenvalue weighted by Crippen LogP contribution is 2.08. The minimum atomic E-state index is -1.17. The summed E-state index contributed by atoms with van der Waals surface area (Å²) >= 11 is 1.56. The summed E-state index contributed by atoms with van der Waals surface area (Å²) in [6.07, 6.45) is 5.56. The molecule has 0 aliphatic rings. The van der Waals surface area contributed by atoms with E-state index in [-0.39, 0.29) is 18.8 Å². The van der Waals surface area contributed by atoms with Crippen LogP contribution in [0, 0.1) is 5.92 Å². The number of benzene rings is 1. The second kappa shape index (κ2) is 15.0. The van der Waals surface area contributed by atoms with Crippen molar-refractivity contribution in [3.63, 3.8) is 0 Å². The first kappa shape index (κ1) is 29.8. The number of aromatic nitrogens is 2. The SMILES string of the molecule is CSCCC(N)C(=O)NC(Cc1cnc[nH]1)C(=O)NC(Cc1ccccc1)C(=O)NC(C(=O)O)C(C)C. The number of carboxylic acid groups (broad SMARTS) is 1. The van der Waals surface area contributed by atoms with E-state index in [1.807, 2.05) is 12.3 Å². The largest absolute Gasteiger partial charge is 0.480 e. The van der Waals surface area contributed by atoms with Crippen molar-refractivity contribution in [2.24, 2.45) is 11.7 Å². The summed E-state index contributed by atoms with van der Waals surface area (Å²) in [5.74, 6) is -2.58. The van der Waals surface area contributed by atoms with Gasteiger partial charge in [-0.2, -0.15) is 11.8 Å². The third kappa shape index (κ3) is 9.89. The highest BCUT2D eigenvalue weighted by molar-refractivity contribution is 7.98. The molecule has 1 aromatic heterocycles. The van der Waals surface area contributed by atoms with Crippen LogP contribution in [0.5, 0.6) is 0 Å². The summed E-state index contributed by atoms with van der Waals surface area (Å²) in [4.78, 5) is 57.8. The van der Waals surface area contributed by atoms with Crippen molar-refractivity contribution in [3.8, 4) is 0 Å². The second-order valence-corrected chi connectivity index (χ2v) is 10.0. The van der Waals surface area contributed by atoms with E-state index in [4.69, 9.17) is 5.73 Å². The molecular weight excluding hydrogens is 496 g/mol. The Labute approximate surface area is 220 Å². The Kier molecular flexibility index (Phi) is 12.1. The number of carbonyl (C=O) groups is 4. The number of rotatable bonds is 15. The average molecular weight is 533 g/mol. The molecule has 7 N–H and O–H groups in total. The highest BCUT2D eigenvalue weighted by atomic mass is 32.2. The van der Waals surface area contributed by atoms with E-state index >= 15 is 0 Å². The van der Waals surface area contributed by atoms with Gasteiger partial charge in [-0.25, -0.2) is 9.78 Å². The molecule has 2 aromatic rings. The zero-order chi connectivity index (χ0) is 27.4. The number of carboxylic acids is 1. The molecule has 0 spiro atoms. The number of nitrogens with zero attached hydrogens (tertiary/aromatic N) is 1. The predicted molar refractivity (Wildman–Crippen MR) is 142 cm³/mol. The molecule has 12 heteroatoms. The maximum Gasteiger partial charge on any atom is 0.326 e. The van der Waals surface area contributed by atoms with Crippen LogP contribution < -0.4 is 21.7 Å². The van der Waals surface area contributed by atoms with Gasteiger partial charge in [0.2, 0.25) is 17.7 Å². The molecule has 0 saturated carbocycles. The van der Waals surface area contributed by atoms with Crippen LogP contribution in [0.2, 0.25) is 0 Å². The number of aromatic amines is 1. The van der Waals surface area contributed by atoms with Gasteiger partial charge in [-0.15, -0.1) is 0 Å². The predicted octanol–water partition coefficient (Wildman–Crippen LogP) is 0.470. The van der Waals surface area contributed by atoms with Gasteiger partial charge in [0, 0.05) is 24.7 Å². The first-order valence-corrected chi connectivity index (χ1v) is 13.4. The maximum absolute atomic E-state index is 13.4. The molecule has 0 saturated heterocycles. The van der Waals surface area contributed by atoms with E-state index in [9.17, 15) is 24.3 Å². The van der Waals surface area contributed by atoms with Crippen LogP contribution in [0.1, 0.15) is 31.5 Å². The molecule has 0 aliphatic carbocycles. The smallest absolute Gasteiger partial charge is 0.326 e. The van der Waals surface area contributed by atoms with E-state index < -0.39 is 47.9 Å². The number of aliphatic carboxylic acids is 1. The van der Waals surface area contributed by atoms with Crippen molar-refractivity contribution in [2.75, 3.05) is 12.0 Å². The summed E-state index contributed by atoms with van der Waals surface area (Å²) < 4.78 is 0. The van der Waals surface area contributed by atoms with Crippen molar-refractivity contribution >= 4 is 35.5 Å². The Hall–Kier alpha value is -3.38. The van der Waals surface area contributed by atoms with E-state index in [1.54, 1.807) is 49.9 Å². The van der Waals surface area contributed by atoms with Crippen LogP contribution in [0.3, 0.4) is 0 Å². The fourth-order valence-corrected chi connectivity index (χ4v) is 4.07. The number of thioether (sulfide) groups is 1. The fraction of sp³-hybridized carbons (Fsp3) is 0.480. The number of amides is 3. The Morgan fingerprint density at radius 1 is 1.00 bits per heavy atom. The van der Waals surface area contributed by atoms with E-state index in [0.717, 1.165) is 5.56 Å². The highest BCUT2D eigenvalue weighted by Gasteiger charge is 2.31. The summed E-state index contributed by atoms with van der Waals surface area (Å²) in [5.41, 5.74) is 7.37. The Morgan fingerprint density at radius 2 is 1.62 bits per heavy atom. The third-order valence-electron chi connectivity index (χ3n) is 5.73. The minimum Gasteiger partial charge on any atom is -0.480 e. The van der Waals surface area contributed by atoms with Crippen molar-refractivity contribution in [1.29, 1.82) is 0 Å². The van der Waals surface area contributed by atoms with E-state index in [0.29, 0.717) is 17.9 Å². The minimum absolute atomic E-state index is 0.0935. The molecule has 202 valence electrons. The monoisotopic (exact) mass is 532 g/mol. The van der Waals surface area contributed by atoms with Gasteiger partial charge in [0.05, 0.1) is 12.4 Å². The van der Waals surface area contributed by atoms with E-state index in [2.05, 4.69) is 25.9 Å². The van der Waals surface area contributed by atoms with Crippen molar-refractivity contribution in [2.45, 2.75) is 57.3 Å². The number of H-pyrrole nitrogens is 1. The van der Waals surface area contributed by atoms with Crippen molar-refractivity contribution < 1.29 is 24.3 Å². The average Bonchev–Trinajstić information content (AvgIpc) is 3.38. The summed E-state index contributed by atoms with van der Waals surface area (Å²) in [5, 5.41) is 17.4. The van der Waals surface area contributed by atoms with Crippen molar-refractivity contribution in [1.82, 2.24) is 25.9 Å². The molecule has 1 aromatic carbocycles. The Bertz CT molecular complexity index is 1020. The lowest BCUT2D eigenvalue weighted by molar-refractivity contribution is -0.143. The van der Waals surface area contributed by atoms with Gasteiger partial charge in [-0.05, 0) is 29.9 Å². The quantitative estimate of drug-likeness (QED) is 0.191. The van der Waals surface area contributed by atoms with Gasteiger partial charge in [0.25, 0.3) is 0 Å². The van der Waals surface area contributed by atoms with Crippen LogP contribution in [-0.2, 0) is 32.0 Å². The number of carbonyl (C=O) groups excluding carboxylic acids is 3. The zero-order valence-corrected chi connectivity index (χ0v) is 22.1. The first-order valence-electron chi connectivity index (χ1n) is 12.0. The molecule has 37 heavy (non-hydrogen) atoms. The molecule has 0 fully saturated rings. The molecule has 0 bridgehead atoms. The molecule has 11 nitrogen and oxygen atoms in total. The Morgan fingerprint density at radius 3 is 2.19 bits per heavy atom. The lowest BCUT2D eigenvalue weighted by Gasteiger charge is -2.26. The standard InChI is InChI=1S/C25H36N6O5S/c1-15(2)21(25(35)36)31-24(34)19(11-16-7-5-4-6-8-16)30-23(33)20(12-17-13-27-14-28-17)29-22(32)18(26)9-10-37-3/h4-8,13-15,18-21H,9-12,26H2,1-3H3,(H,27,28)(H,29,32)(H,30,33)(H,31,34)(H,35,36). The summed E-state index contributed by atoms with van der Waals surface area (Å²) in [6, 6.07) is 4.99. The molecular formula is C25H36N6O5S. The lowest BCUT2D eigenvalue weighted by atomic mass is 10.0. The van der Waals surface area contributed by atoms with E-state index in [1.165, 1.54) is 12.5 Å². The lowest BCUT2D eigenvalue weighted by Crippen LogP contribution is -2.58. The number of nitrogens with two attached hydrogens (primary N) is 1. The van der Waals surface area contributed by atoms with Gasteiger partial charge >= 0.3 is 5.97 Å². The third-order valence-corrected chi connectivity index (χ3v) is 6.37. The molecule has 0 radical (unpaired) electrons. The maximum atomic E-state index is 13.4. The van der Waals surface area contributed by atoms with Gasteiger partial charge in [-0.3, -0.25) is 14.4 Å². The summed E-state index contributed by atoms with van der Waals surface area (Å²) in [6.45, 7) is 3.36. The molecule has 1 heterocycles. The zero-order valence-electron chi connectivity index (χ0n) is 21.3. The van der Waals surface area contributed by atoms with Crippen LogP contribution in [0.25, 0.3) is 0 Å². The van der Waals surface area contributed by atoms with Crippen LogP contribution in [0.4, 0.5) is 0 Å². The number of hydrogen-bond acceptors (Lipinski definition) is 7. The fourth-order valence-electron chi connectivity index (χ4n) is 3.58. The second-order valence-electron chi connectivity index (χ2n) is 9.05. The molecule has 2 rings (SSSR count). The number of nitrogens with one attached hydrogen (secondary N) is 4. The first-order chi connectivity index (χ1) is 17.6. The van der Waals surface area contributed by atoms with Crippen molar-refractivity contribution in [3.05, 3.63) is 54.1 Å². The number of imidazole rings is 1. The van der Waals surface area contributed by atoms with Crippen LogP contribution >= 0.6 is 11.8 Å². The van der Waals surface area contributed by atoms with Crippen LogP contribution in [0.15, 0.2) is 42.9 Å². The van der Waals surface area contributed by atoms with Gasteiger partial charge in [0.1, 0.15) is 18.1 Å². The molecule has 3 amide bonds. The molecule has 4 atom stereocenters. The van der Waals surface area contributed by atoms with Crippen LogP contribution in [-0.4, -0.2) is 74.9 Å². The molecule has 0 aliphatic heterocycles. The summed E-state index contributed by atoms with van der Waals surface area (Å²) in [7, 11) is 0. The van der Waals surface area contributed by atoms with Gasteiger partial charge in [-0.1, -0.05) is 44.2 Å². The van der Waals surface area contributed by atoms with Gasteiger partial charge in [0.15, 0.2) is 0 Å². The topological polar surface area (TPSA) is 179 Å². The molecule has 4 unspecified atom stereocenters.